The van der Waals surface area contributed by atoms with Crippen LogP contribution < -0.4 is 0 Å². The van der Waals surface area contributed by atoms with Gasteiger partial charge in [-0.05, 0) is 42.4 Å². The number of hydrogen-bond acceptors (Lipinski definition) is 2. The van der Waals surface area contributed by atoms with Crippen molar-refractivity contribution in [3.8, 4) is 0 Å². The molecule has 1 N–H and O–H groups in total. The lowest BCUT2D eigenvalue weighted by Crippen LogP contribution is -2.39. The van der Waals surface area contributed by atoms with Crippen molar-refractivity contribution >= 4 is 11.9 Å². The Morgan fingerprint density at radius 2 is 1.76 bits per heavy atom. The van der Waals surface area contributed by atoms with Crippen molar-refractivity contribution < 1.29 is 27.9 Å². The smallest absolute Gasteiger partial charge is 0.416 e. The van der Waals surface area contributed by atoms with Gasteiger partial charge in [-0.3, -0.25) is 9.59 Å². The van der Waals surface area contributed by atoms with Gasteiger partial charge in [0.05, 0.1) is 5.56 Å². The molecule has 0 radical (unpaired) electrons. The maximum absolute atomic E-state index is 12.6. The molecule has 1 aliphatic rings. The lowest BCUT2D eigenvalue weighted by Gasteiger charge is -2.32. The first-order chi connectivity index (χ1) is 11.7. The molecular weight excluding hydrogens is 335 g/mol. The molecule has 1 aromatic carbocycles. The van der Waals surface area contributed by atoms with Crippen molar-refractivity contribution in [2.24, 2.45) is 5.92 Å². The number of hydrogen-bond donors (Lipinski definition) is 1. The van der Waals surface area contributed by atoms with E-state index in [1.54, 1.807) is 4.90 Å². The van der Waals surface area contributed by atoms with Gasteiger partial charge >= 0.3 is 12.1 Å². The summed E-state index contributed by atoms with van der Waals surface area (Å²) in [7, 11) is 0. The van der Waals surface area contributed by atoms with Crippen LogP contribution in [0.4, 0.5) is 13.2 Å². The van der Waals surface area contributed by atoms with Gasteiger partial charge in [-0.25, -0.2) is 0 Å². The van der Waals surface area contributed by atoms with E-state index in [0.29, 0.717) is 31.5 Å². The van der Waals surface area contributed by atoms with Crippen LogP contribution in [0.25, 0.3) is 0 Å². The van der Waals surface area contributed by atoms with E-state index >= 15 is 0 Å². The van der Waals surface area contributed by atoms with Crippen LogP contribution in [0.15, 0.2) is 24.3 Å². The number of carboxylic acids is 1. The van der Waals surface area contributed by atoms with Crippen molar-refractivity contribution in [3.05, 3.63) is 35.4 Å². The van der Waals surface area contributed by atoms with E-state index in [1.165, 1.54) is 12.1 Å². The average molecular weight is 357 g/mol. The Hall–Kier alpha value is -2.05. The van der Waals surface area contributed by atoms with E-state index in [2.05, 4.69) is 0 Å². The Morgan fingerprint density at radius 3 is 2.24 bits per heavy atom. The Kier molecular flexibility index (Phi) is 6.08. The van der Waals surface area contributed by atoms with Crippen molar-refractivity contribution in [1.82, 2.24) is 4.90 Å². The summed E-state index contributed by atoms with van der Waals surface area (Å²) < 4.78 is 37.8. The quantitative estimate of drug-likeness (QED) is 0.869. The third-order valence-electron chi connectivity index (χ3n) is 4.72. The molecule has 2 rings (SSSR count). The largest absolute Gasteiger partial charge is 0.481 e. The Morgan fingerprint density at radius 1 is 1.20 bits per heavy atom. The van der Waals surface area contributed by atoms with Crippen LogP contribution in [0, 0.1) is 5.92 Å². The summed E-state index contributed by atoms with van der Waals surface area (Å²) in [6, 6.07) is 4.90. The number of carbonyl (C=O) groups excluding carboxylic acids is 1. The number of nitrogens with zero attached hydrogens (tertiary/aromatic N) is 1. The fraction of sp³-hybridized carbons (Fsp3) is 0.556. The number of carbonyl (C=O) groups is 2. The van der Waals surface area contributed by atoms with Crippen LogP contribution >= 0.6 is 0 Å². The predicted molar refractivity (Wildman–Crippen MR) is 86.0 cm³/mol. The standard InChI is InChI=1S/C18H22F3NO3/c1-12(14-2-4-15(5-3-14)18(19,20)21)10-16(23)22-8-6-13(7-9-22)11-17(24)25/h2-5,12-13H,6-11H2,1H3,(H,24,25). The number of likely N-dealkylation sites (tertiary alicyclic amines) is 1. The lowest BCUT2D eigenvalue weighted by atomic mass is 9.92. The lowest BCUT2D eigenvalue weighted by molar-refractivity contribution is -0.139. The summed E-state index contributed by atoms with van der Waals surface area (Å²) in [4.78, 5) is 24.8. The molecule has 7 heteroatoms. The molecule has 1 aliphatic heterocycles. The molecule has 1 aromatic rings. The van der Waals surface area contributed by atoms with E-state index in [0.717, 1.165) is 12.1 Å². The van der Waals surface area contributed by atoms with Gasteiger partial charge in [0, 0.05) is 25.9 Å². The topological polar surface area (TPSA) is 57.6 Å². The number of amides is 1. The second kappa shape index (κ2) is 7.89. The molecule has 1 heterocycles. The Balaban J connectivity index is 1.87. The molecule has 1 saturated heterocycles. The molecule has 1 atom stereocenters. The van der Waals surface area contributed by atoms with Crippen molar-refractivity contribution in [1.29, 1.82) is 0 Å². The average Bonchev–Trinajstić information content (AvgIpc) is 2.54. The minimum atomic E-state index is -4.36. The zero-order chi connectivity index (χ0) is 18.6. The van der Waals surface area contributed by atoms with E-state index in [9.17, 15) is 22.8 Å². The third-order valence-corrected chi connectivity index (χ3v) is 4.72. The van der Waals surface area contributed by atoms with E-state index in [4.69, 9.17) is 5.11 Å². The number of piperidine rings is 1. The molecule has 0 bridgehead atoms. The summed E-state index contributed by atoms with van der Waals surface area (Å²) in [5, 5.41) is 8.80. The maximum Gasteiger partial charge on any atom is 0.416 e. The van der Waals surface area contributed by atoms with Crippen LogP contribution in [-0.4, -0.2) is 35.0 Å². The van der Waals surface area contributed by atoms with Gasteiger partial charge < -0.3 is 10.0 Å². The van der Waals surface area contributed by atoms with Gasteiger partial charge in [0.1, 0.15) is 0 Å². The van der Waals surface area contributed by atoms with Gasteiger partial charge in [-0.2, -0.15) is 13.2 Å². The van der Waals surface area contributed by atoms with Crippen LogP contribution in [0.2, 0.25) is 0 Å². The molecule has 1 fully saturated rings. The summed E-state index contributed by atoms with van der Waals surface area (Å²) in [6.45, 7) is 2.89. The van der Waals surface area contributed by atoms with Crippen LogP contribution in [0.3, 0.4) is 0 Å². The fourth-order valence-corrected chi connectivity index (χ4v) is 3.14. The number of rotatable bonds is 5. The molecule has 1 amide bonds. The van der Waals surface area contributed by atoms with Crippen LogP contribution in [0.5, 0.6) is 0 Å². The number of aliphatic carboxylic acids is 1. The van der Waals surface area contributed by atoms with Crippen molar-refractivity contribution in [2.45, 2.75) is 44.7 Å². The summed E-state index contributed by atoms with van der Waals surface area (Å²) in [5.41, 5.74) is -0.00241. The Bertz CT molecular complexity index is 605. The first-order valence-electron chi connectivity index (χ1n) is 8.33. The zero-order valence-corrected chi connectivity index (χ0v) is 14.1. The SMILES string of the molecule is CC(CC(=O)N1CCC(CC(=O)O)CC1)c1ccc(C(F)(F)F)cc1. The van der Waals surface area contributed by atoms with Crippen LogP contribution in [-0.2, 0) is 15.8 Å². The zero-order valence-electron chi connectivity index (χ0n) is 14.1. The van der Waals surface area contributed by atoms with E-state index < -0.39 is 17.7 Å². The Labute approximate surface area is 144 Å². The molecule has 25 heavy (non-hydrogen) atoms. The first kappa shape index (κ1) is 19.3. The summed E-state index contributed by atoms with van der Waals surface area (Å²) in [6.07, 6.45) is -2.66. The summed E-state index contributed by atoms with van der Waals surface area (Å²) >= 11 is 0. The van der Waals surface area contributed by atoms with Gasteiger partial charge in [0.15, 0.2) is 0 Å². The highest BCUT2D eigenvalue weighted by Crippen LogP contribution is 2.31. The second-order valence-electron chi connectivity index (χ2n) is 6.65. The van der Waals surface area contributed by atoms with E-state index in [-0.39, 0.29) is 30.6 Å². The van der Waals surface area contributed by atoms with Crippen LogP contribution in [0.1, 0.15) is 49.7 Å². The first-order valence-corrected chi connectivity index (χ1v) is 8.33. The minimum Gasteiger partial charge on any atom is -0.481 e. The molecule has 0 spiro atoms. The molecule has 0 aromatic heterocycles. The number of halogens is 3. The van der Waals surface area contributed by atoms with Gasteiger partial charge in [-0.15, -0.1) is 0 Å². The van der Waals surface area contributed by atoms with E-state index in [1.807, 2.05) is 6.92 Å². The fourth-order valence-electron chi connectivity index (χ4n) is 3.14. The number of benzene rings is 1. The normalized spacial score (nSPS) is 17.4. The van der Waals surface area contributed by atoms with Crippen molar-refractivity contribution in [3.63, 3.8) is 0 Å². The highest BCUT2D eigenvalue weighted by Gasteiger charge is 2.30. The monoisotopic (exact) mass is 357 g/mol. The molecular formula is C18H22F3NO3. The highest BCUT2D eigenvalue weighted by atomic mass is 19.4. The maximum atomic E-state index is 12.6. The second-order valence-corrected chi connectivity index (χ2v) is 6.65. The summed E-state index contributed by atoms with van der Waals surface area (Å²) in [5.74, 6) is -0.928. The van der Waals surface area contributed by atoms with Gasteiger partial charge in [0.25, 0.3) is 0 Å². The molecule has 0 aliphatic carbocycles. The molecule has 4 nitrogen and oxygen atoms in total. The number of alkyl halides is 3. The minimum absolute atomic E-state index is 0.0406. The van der Waals surface area contributed by atoms with Gasteiger partial charge in [-0.1, -0.05) is 19.1 Å². The molecule has 138 valence electrons. The molecule has 0 saturated carbocycles. The van der Waals surface area contributed by atoms with Crippen molar-refractivity contribution in [2.75, 3.05) is 13.1 Å². The van der Waals surface area contributed by atoms with Gasteiger partial charge in [0.2, 0.25) is 5.91 Å². The molecule has 1 unspecified atom stereocenters. The number of carboxylic acid groups (broad SMARTS) is 1. The third kappa shape index (κ3) is 5.47. The predicted octanol–water partition coefficient (Wildman–Crippen LogP) is 3.91. The highest BCUT2D eigenvalue weighted by molar-refractivity contribution is 5.77.